The Morgan fingerprint density at radius 3 is 2.70 bits per heavy atom. The van der Waals surface area contributed by atoms with E-state index in [0.717, 1.165) is 30.0 Å². The number of likely N-dealkylation sites (tertiary alicyclic amines) is 1. The van der Waals surface area contributed by atoms with Gasteiger partial charge in [0.2, 0.25) is 0 Å². The molecule has 178 valence electrons. The summed E-state index contributed by atoms with van der Waals surface area (Å²) < 4.78 is 12.3. The zero-order valence-corrected chi connectivity index (χ0v) is 19.8. The Kier molecular flexibility index (Phi) is 7.39. The van der Waals surface area contributed by atoms with E-state index in [1.54, 1.807) is 33.0 Å². The molecule has 1 unspecified atom stereocenters. The zero-order valence-electron chi connectivity index (χ0n) is 18.9. The first-order chi connectivity index (χ1) is 16.0. The molecule has 2 aliphatic rings. The molecule has 33 heavy (non-hydrogen) atoms. The summed E-state index contributed by atoms with van der Waals surface area (Å²) in [4.78, 5) is 45.6. The van der Waals surface area contributed by atoms with Crippen LogP contribution in [0.25, 0.3) is 0 Å². The Morgan fingerprint density at radius 2 is 2.00 bits per heavy atom. The lowest BCUT2D eigenvalue weighted by molar-refractivity contribution is -0.158. The number of esters is 1. The molecule has 0 aliphatic carbocycles. The van der Waals surface area contributed by atoms with Crippen LogP contribution in [0, 0.1) is 5.92 Å². The molecule has 2 saturated heterocycles. The largest absolute Gasteiger partial charge is 0.461 e. The van der Waals surface area contributed by atoms with Gasteiger partial charge in [0, 0.05) is 44.7 Å². The number of aromatic nitrogens is 3. The maximum absolute atomic E-state index is 13.1. The van der Waals surface area contributed by atoms with E-state index < -0.39 is 17.8 Å². The van der Waals surface area contributed by atoms with Crippen molar-refractivity contribution in [1.82, 2.24) is 24.6 Å². The van der Waals surface area contributed by atoms with Gasteiger partial charge >= 0.3 is 17.8 Å². The number of morpholine rings is 1. The number of carbonyl (C=O) groups excluding carboxylic acids is 3. The number of hydrogen-bond acceptors (Lipinski definition) is 8. The van der Waals surface area contributed by atoms with Crippen molar-refractivity contribution in [2.24, 2.45) is 13.0 Å². The van der Waals surface area contributed by atoms with Gasteiger partial charge in [-0.25, -0.2) is 9.78 Å². The van der Waals surface area contributed by atoms with E-state index in [1.165, 1.54) is 11.3 Å². The molecule has 2 amide bonds. The molecule has 2 aromatic heterocycles. The fourth-order valence-corrected chi connectivity index (χ4v) is 5.23. The van der Waals surface area contributed by atoms with Gasteiger partial charge in [-0.05, 0) is 31.7 Å². The number of thiazole rings is 1. The Bertz CT molecular complexity index is 997. The van der Waals surface area contributed by atoms with E-state index in [9.17, 15) is 14.4 Å². The summed E-state index contributed by atoms with van der Waals surface area (Å²) in [5, 5.41) is 6.80. The highest BCUT2D eigenvalue weighted by Gasteiger charge is 2.36. The Morgan fingerprint density at radius 1 is 1.21 bits per heavy atom. The van der Waals surface area contributed by atoms with Gasteiger partial charge in [0.1, 0.15) is 0 Å². The van der Waals surface area contributed by atoms with Gasteiger partial charge in [-0.2, -0.15) is 5.10 Å². The summed E-state index contributed by atoms with van der Waals surface area (Å²) >= 11 is 1.46. The molecule has 2 fully saturated rings. The van der Waals surface area contributed by atoms with Crippen molar-refractivity contribution in [2.75, 3.05) is 39.5 Å². The Labute approximate surface area is 196 Å². The van der Waals surface area contributed by atoms with Crippen molar-refractivity contribution in [3.63, 3.8) is 0 Å². The average molecular weight is 476 g/mol. The number of piperidine rings is 1. The summed E-state index contributed by atoms with van der Waals surface area (Å²) in [6, 6.07) is 1.53. The minimum Gasteiger partial charge on any atom is -0.461 e. The van der Waals surface area contributed by atoms with Crippen LogP contribution in [0.5, 0.6) is 0 Å². The number of hydrogen-bond donors (Lipinski definition) is 0. The van der Waals surface area contributed by atoms with Crippen LogP contribution in [0.1, 0.15) is 47.0 Å². The predicted octanol–water partition coefficient (Wildman–Crippen LogP) is 1.43. The number of carbonyl (C=O) groups is 3. The van der Waals surface area contributed by atoms with Crippen molar-refractivity contribution in [2.45, 2.75) is 32.2 Å². The van der Waals surface area contributed by atoms with Gasteiger partial charge in [0.15, 0.2) is 5.69 Å². The monoisotopic (exact) mass is 475 g/mol. The summed E-state index contributed by atoms with van der Waals surface area (Å²) in [6.45, 7) is 4.30. The van der Waals surface area contributed by atoms with Crippen LogP contribution in [0.15, 0.2) is 17.6 Å². The van der Waals surface area contributed by atoms with Gasteiger partial charge < -0.3 is 19.3 Å². The van der Waals surface area contributed by atoms with Gasteiger partial charge in [-0.15, -0.1) is 11.3 Å². The van der Waals surface area contributed by atoms with Crippen LogP contribution in [-0.4, -0.2) is 81.8 Å². The smallest absolute Gasteiger partial charge is 0.357 e. The van der Waals surface area contributed by atoms with Gasteiger partial charge in [-0.3, -0.25) is 14.3 Å². The maximum Gasteiger partial charge on any atom is 0.357 e. The fraction of sp³-hybridized carbons (Fsp3) is 0.591. The Hall–Kier alpha value is -2.79. The first-order valence-corrected chi connectivity index (χ1v) is 12.1. The SMILES string of the molecule is CCOC(=O)c1csc(CC2CCN(C(=O)C(=O)N3CCOCC3c3ccnn3C)CC2)n1. The van der Waals surface area contributed by atoms with E-state index >= 15 is 0 Å². The number of aryl methyl sites for hydroxylation is 1. The molecule has 10 nitrogen and oxygen atoms in total. The minimum atomic E-state index is -0.484. The lowest BCUT2D eigenvalue weighted by Crippen LogP contribution is -2.52. The number of nitrogens with zero attached hydrogens (tertiary/aromatic N) is 5. The molecule has 0 aromatic carbocycles. The lowest BCUT2D eigenvalue weighted by Gasteiger charge is -2.37. The van der Waals surface area contributed by atoms with Crippen LogP contribution >= 0.6 is 11.3 Å². The lowest BCUT2D eigenvalue weighted by atomic mass is 9.93. The molecule has 0 saturated carbocycles. The second-order valence-corrected chi connectivity index (χ2v) is 9.20. The standard InChI is InChI=1S/C22H29N5O5S/c1-3-32-22(30)16-14-33-19(24-16)12-15-5-8-26(9-6-15)20(28)21(29)27-10-11-31-13-18(27)17-4-7-23-25(17)2/h4,7,14-15,18H,3,5-6,8-13H2,1-2H3. The number of rotatable bonds is 5. The molecule has 2 aromatic rings. The van der Waals surface area contributed by atoms with E-state index in [4.69, 9.17) is 9.47 Å². The van der Waals surface area contributed by atoms with Crippen LogP contribution < -0.4 is 0 Å². The summed E-state index contributed by atoms with van der Waals surface area (Å²) in [5.41, 5.74) is 1.20. The van der Waals surface area contributed by atoms with Crippen molar-refractivity contribution in [3.8, 4) is 0 Å². The maximum atomic E-state index is 13.1. The summed E-state index contributed by atoms with van der Waals surface area (Å²) in [5.74, 6) is -0.981. The highest BCUT2D eigenvalue weighted by atomic mass is 32.1. The second-order valence-electron chi connectivity index (χ2n) is 8.26. The van der Waals surface area contributed by atoms with Crippen molar-refractivity contribution in [1.29, 1.82) is 0 Å². The van der Waals surface area contributed by atoms with Crippen LogP contribution in [-0.2, 0) is 32.5 Å². The first-order valence-electron chi connectivity index (χ1n) is 11.2. The predicted molar refractivity (Wildman–Crippen MR) is 120 cm³/mol. The molecule has 4 rings (SSSR count). The molecule has 0 spiro atoms. The van der Waals surface area contributed by atoms with E-state index in [2.05, 4.69) is 10.1 Å². The molecular formula is C22H29N5O5S. The number of ether oxygens (including phenoxy) is 2. The number of amides is 2. The normalized spacial score (nSPS) is 19.5. The second kappa shape index (κ2) is 10.4. The fourth-order valence-electron chi connectivity index (χ4n) is 4.35. The molecule has 2 aliphatic heterocycles. The van der Waals surface area contributed by atoms with Gasteiger partial charge in [0.25, 0.3) is 0 Å². The van der Waals surface area contributed by atoms with E-state index in [1.807, 2.05) is 13.1 Å². The van der Waals surface area contributed by atoms with E-state index in [-0.39, 0.29) is 6.04 Å². The molecule has 1 atom stereocenters. The highest BCUT2D eigenvalue weighted by molar-refractivity contribution is 7.09. The molecule has 11 heteroatoms. The molecule has 4 heterocycles. The van der Waals surface area contributed by atoms with Crippen LogP contribution in [0.2, 0.25) is 0 Å². The topological polar surface area (TPSA) is 107 Å². The quantitative estimate of drug-likeness (QED) is 0.476. The molecule has 0 radical (unpaired) electrons. The van der Waals surface area contributed by atoms with E-state index in [0.29, 0.717) is 51.1 Å². The van der Waals surface area contributed by atoms with Crippen LogP contribution in [0.4, 0.5) is 0 Å². The molecular weight excluding hydrogens is 446 g/mol. The third-order valence-corrected chi connectivity index (χ3v) is 7.05. The molecule has 0 N–H and O–H groups in total. The van der Waals surface area contributed by atoms with Crippen molar-refractivity contribution >= 4 is 29.1 Å². The van der Waals surface area contributed by atoms with Gasteiger partial charge in [0.05, 0.1) is 36.6 Å². The minimum absolute atomic E-state index is 0.321. The van der Waals surface area contributed by atoms with Gasteiger partial charge in [-0.1, -0.05) is 0 Å². The third-order valence-electron chi connectivity index (χ3n) is 6.17. The van der Waals surface area contributed by atoms with Crippen LogP contribution in [0.3, 0.4) is 0 Å². The van der Waals surface area contributed by atoms with Crippen molar-refractivity contribution < 1.29 is 23.9 Å². The highest BCUT2D eigenvalue weighted by Crippen LogP contribution is 2.26. The summed E-state index contributed by atoms with van der Waals surface area (Å²) in [6.07, 6.45) is 4.02. The summed E-state index contributed by atoms with van der Waals surface area (Å²) in [7, 11) is 1.82. The van der Waals surface area contributed by atoms with Crippen molar-refractivity contribution in [3.05, 3.63) is 34.0 Å². The first kappa shape index (κ1) is 23.4. The zero-order chi connectivity index (χ0) is 23.4. The Balaban J connectivity index is 1.32. The third kappa shape index (κ3) is 5.25. The molecule has 0 bridgehead atoms. The average Bonchev–Trinajstić information content (AvgIpc) is 3.48.